The molecule has 3 aromatic rings. The number of ether oxygens (including phenoxy) is 2. The van der Waals surface area contributed by atoms with Crippen LogP contribution in [-0.4, -0.2) is 38.6 Å². The first kappa shape index (κ1) is 28.1. The molecule has 1 aliphatic rings. The van der Waals surface area contributed by atoms with Crippen LogP contribution >= 0.6 is 11.6 Å². The highest BCUT2D eigenvalue weighted by molar-refractivity contribution is 7.95. The van der Waals surface area contributed by atoms with Crippen molar-refractivity contribution in [3.8, 4) is 22.6 Å². The quantitative estimate of drug-likeness (QED) is 0.286. The first-order valence-electron chi connectivity index (χ1n) is 12.0. The Morgan fingerprint density at radius 3 is 2.28 bits per heavy atom. The topological polar surface area (TPSA) is 101 Å². The van der Waals surface area contributed by atoms with E-state index in [1.54, 1.807) is 18.2 Å². The third-order valence-corrected chi connectivity index (χ3v) is 8.25. The van der Waals surface area contributed by atoms with Crippen molar-refractivity contribution < 1.29 is 27.4 Å². The predicted octanol–water partition coefficient (Wildman–Crippen LogP) is 6.68. The molecule has 0 saturated carbocycles. The van der Waals surface area contributed by atoms with Crippen LogP contribution in [0.1, 0.15) is 26.2 Å². The molecule has 8 nitrogen and oxygen atoms in total. The average molecular weight is 572 g/mol. The fourth-order valence-corrected chi connectivity index (χ4v) is 5.78. The fraction of sp³-hybridized carbons (Fsp3) is 0.214. The monoisotopic (exact) mass is 571 g/mol. The first-order valence-corrected chi connectivity index (χ1v) is 13.9. The maximum atomic E-state index is 13.8. The van der Waals surface area contributed by atoms with Gasteiger partial charge in [-0.1, -0.05) is 49.7 Å². The normalized spacial score (nSPS) is 13.9. The van der Waals surface area contributed by atoms with Crippen LogP contribution in [-0.2, 0) is 9.84 Å². The summed E-state index contributed by atoms with van der Waals surface area (Å²) < 4.78 is 52.2. The number of anilines is 1. The van der Waals surface area contributed by atoms with E-state index >= 15 is 0 Å². The molecule has 0 fully saturated rings. The number of pyridine rings is 1. The molecule has 0 radical (unpaired) electrons. The Bertz CT molecular complexity index is 1560. The lowest BCUT2D eigenvalue weighted by molar-refractivity contribution is 0.378. The van der Waals surface area contributed by atoms with E-state index in [9.17, 15) is 17.9 Å². The number of rotatable bonds is 9. The Labute approximate surface area is 231 Å². The van der Waals surface area contributed by atoms with Crippen LogP contribution in [0.3, 0.4) is 0 Å². The lowest BCUT2D eigenvalue weighted by atomic mass is 10.1. The van der Waals surface area contributed by atoms with Crippen LogP contribution in [0.2, 0.25) is 5.02 Å². The summed E-state index contributed by atoms with van der Waals surface area (Å²) >= 11 is 5.84. The van der Waals surface area contributed by atoms with E-state index in [0.717, 1.165) is 12.8 Å². The van der Waals surface area contributed by atoms with Gasteiger partial charge >= 0.3 is 0 Å². The molecule has 1 aliphatic heterocycles. The van der Waals surface area contributed by atoms with E-state index in [-0.39, 0.29) is 15.6 Å². The van der Waals surface area contributed by atoms with Gasteiger partial charge in [0.15, 0.2) is 4.91 Å². The van der Waals surface area contributed by atoms with Gasteiger partial charge in [-0.25, -0.2) is 18.4 Å². The van der Waals surface area contributed by atoms with Gasteiger partial charge in [0, 0.05) is 18.2 Å². The molecule has 4 rings (SSSR count). The minimum Gasteiger partial charge on any atom is -0.494 e. The highest BCUT2D eigenvalue weighted by Gasteiger charge is 2.37. The number of methoxy groups -OCH3 is 2. The molecule has 1 aromatic heterocycles. The number of unbranched alkanes of at least 4 members (excludes halogenated alkanes) is 1. The minimum absolute atomic E-state index is 0.0951. The predicted molar refractivity (Wildman–Crippen MR) is 150 cm³/mol. The summed E-state index contributed by atoms with van der Waals surface area (Å²) in [6.07, 6.45) is 3.32. The number of nitrogens with zero attached hydrogens (tertiary/aromatic N) is 3. The van der Waals surface area contributed by atoms with E-state index in [1.165, 1.54) is 55.6 Å². The smallest absolute Gasteiger partial charge is 0.231 e. The van der Waals surface area contributed by atoms with Crippen molar-refractivity contribution in [2.45, 2.75) is 31.1 Å². The van der Waals surface area contributed by atoms with Gasteiger partial charge < -0.3 is 14.6 Å². The Balaban J connectivity index is 1.84. The second kappa shape index (κ2) is 11.5. The zero-order valence-corrected chi connectivity index (χ0v) is 23.2. The van der Waals surface area contributed by atoms with Crippen LogP contribution in [0.25, 0.3) is 11.1 Å². The molecular formula is C28H27ClFN3O5S. The van der Waals surface area contributed by atoms with E-state index in [2.05, 4.69) is 16.6 Å². The van der Waals surface area contributed by atoms with Crippen LogP contribution < -0.4 is 14.4 Å². The van der Waals surface area contributed by atoms with E-state index < -0.39 is 26.6 Å². The van der Waals surface area contributed by atoms with E-state index in [1.807, 2.05) is 6.92 Å². The standard InChI is InChI=1S/C28H27ClFN3O5S/c1-5-6-10-24-32-17(2)26(28(34)33(24)25-22(37-3)8-7-9-23(25)38-4)39(35,36)20-13-11-18(12-14-20)19-15-21(29)27(30)31-16-19/h7-9,11-16,34H,2,5-6,10H2,1,3-4H3. The summed E-state index contributed by atoms with van der Waals surface area (Å²) in [4.78, 5) is 8.91. The maximum Gasteiger partial charge on any atom is 0.231 e. The van der Waals surface area contributed by atoms with Crippen LogP contribution in [0.5, 0.6) is 11.5 Å². The summed E-state index contributed by atoms with van der Waals surface area (Å²) in [7, 11) is -1.37. The summed E-state index contributed by atoms with van der Waals surface area (Å²) in [5.41, 5.74) is 1.30. The number of aromatic nitrogens is 1. The number of para-hydroxylation sites is 1. The van der Waals surface area contributed by atoms with Crippen molar-refractivity contribution in [2.75, 3.05) is 19.1 Å². The highest BCUT2D eigenvalue weighted by atomic mass is 35.5. The van der Waals surface area contributed by atoms with Crippen LogP contribution in [0, 0.1) is 5.95 Å². The van der Waals surface area contributed by atoms with Gasteiger partial charge in [-0.2, -0.15) is 4.39 Å². The van der Waals surface area contributed by atoms with Crippen molar-refractivity contribution in [3.05, 3.63) is 88.8 Å². The second-order valence-corrected chi connectivity index (χ2v) is 10.9. The van der Waals surface area contributed by atoms with Gasteiger partial charge in [-0.05, 0) is 42.3 Å². The molecule has 0 spiro atoms. The number of halogens is 2. The van der Waals surface area contributed by atoms with Crippen molar-refractivity contribution >= 4 is 33.0 Å². The van der Waals surface area contributed by atoms with E-state index in [4.69, 9.17) is 21.1 Å². The molecule has 0 atom stereocenters. The summed E-state index contributed by atoms with van der Waals surface area (Å²) in [6.45, 7) is 5.87. The Hall–Kier alpha value is -3.89. The van der Waals surface area contributed by atoms with Gasteiger partial charge in [0.2, 0.25) is 21.7 Å². The SMILES string of the molecule is C=C1N=C(CCCC)N(c2c(OC)cccc2OC)C(O)=C1S(=O)(=O)c1ccc(-c2cnc(F)c(Cl)c2)cc1. The number of hydrogen-bond acceptors (Lipinski definition) is 8. The summed E-state index contributed by atoms with van der Waals surface area (Å²) in [5, 5.41) is 11.4. The van der Waals surface area contributed by atoms with E-state index in [0.29, 0.717) is 40.6 Å². The molecule has 1 N–H and O–H groups in total. The van der Waals surface area contributed by atoms with Crippen LogP contribution in [0.15, 0.2) is 87.7 Å². The molecule has 0 aliphatic carbocycles. The number of sulfone groups is 1. The fourth-order valence-electron chi connectivity index (χ4n) is 4.20. The van der Waals surface area contributed by atoms with Crippen molar-refractivity contribution in [1.82, 2.24) is 4.98 Å². The molecule has 0 bridgehead atoms. The lowest BCUT2D eigenvalue weighted by Gasteiger charge is -2.32. The third-order valence-electron chi connectivity index (χ3n) is 6.14. The Kier molecular flexibility index (Phi) is 8.27. The van der Waals surface area contributed by atoms with Crippen molar-refractivity contribution in [1.29, 1.82) is 0 Å². The molecule has 0 saturated heterocycles. The number of amidine groups is 1. The maximum absolute atomic E-state index is 13.8. The number of benzene rings is 2. The number of hydrogen-bond donors (Lipinski definition) is 1. The number of aliphatic hydroxyl groups is 1. The van der Waals surface area contributed by atoms with Gasteiger partial charge in [-0.3, -0.25) is 4.90 Å². The molecule has 0 amide bonds. The molecule has 0 unspecified atom stereocenters. The lowest BCUT2D eigenvalue weighted by Crippen LogP contribution is -2.36. The second-order valence-electron chi connectivity index (χ2n) is 8.60. The highest BCUT2D eigenvalue weighted by Crippen LogP contribution is 2.44. The Morgan fingerprint density at radius 2 is 1.72 bits per heavy atom. The minimum atomic E-state index is -4.30. The molecule has 204 valence electrons. The Morgan fingerprint density at radius 1 is 1.08 bits per heavy atom. The molecule has 11 heteroatoms. The van der Waals surface area contributed by atoms with Gasteiger partial charge in [0.05, 0.1) is 29.8 Å². The van der Waals surface area contributed by atoms with Gasteiger partial charge in [0.1, 0.15) is 23.0 Å². The number of aliphatic hydroxyl groups excluding tert-OH is 1. The van der Waals surface area contributed by atoms with Crippen molar-refractivity contribution in [2.24, 2.45) is 4.99 Å². The zero-order chi connectivity index (χ0) is 28.3. The third kappa shape index (κ3) is 5.35. The van der Waals surface area contributed by atoms with Gasteiger partial charge in [0.25, 0.3) is 0 Å². The van der Waals surface area contributed by atoms with Gasteiger partial charge in [-0.15, -0.1) is 0 Å². The summed E-state index contributed by atoms with van der Waals surface area (Å²) in [5.74, 6) is -0.261. The van der Waals surface area contributed by atoms with Crippen LogP contribution in [0.4, 0.5) is 10.1 Å². The summed E-state index contributed by atoms with van der Waals surface area (Å²) in [6, 6.07) is 12.3. The molecule has 39 heavy (non-hydrogen) atoms. The number of aliphatic imine (C=N–C) groups is 1. The molecule has 2 aromatic carbocycles. The first-order chi connectivity index (χ1) is 18.6. The average Bonchev–Trinajstić information content (AvgIpc) is 2.93. The van der Waals surface area contributed by atoms with Crippen molar-refractivity contribution in [3.63, 3.8) is 0 Å². The molecule has 2 heterocycles. The molecular weight excluding hydrogens is 545 g/mol. The largest absolute Gasteiger partial charge is 0.494 e. The zero-order valence-electron chi connectivity index (χ0n) is 21.6.